The van der Waals surface area contributed by atoms with Crippen LogP contribution in [0.5, 0.6) is 0 Å². The van der Waals surface area contributed by atoms with E-state index >= 15 is 0 Å². The average molecular weight is 468 g/mol. The van der Waals surface area contributed by atoms with Gasteiger partial charge in [0.1, 0.15) is 0 Å². The third-order valence-corrected chi connectivity index (χ3v) is 6.82. The number of piperidine rings is 1. The zero-order valence-corrected chi connectivity index (χ0v) is 21.4. The monoisotopic (exact) mass is 467 g/mol. The first kappa shape index (κ1) is 26.8. The van der Waals surface area contributed by atoms with Gasteiger partial charge in [-0.15, -0.1) is 0 Å². The van der Waals surface area contributed by atoms with Crippen molar-refractivity contribution in [2.24, 2.45) is 10.9 Å². The van der Waals surface area contributed by atoms with Crippen LogP contribution in [0.1, 0.15) is 53.2 Å². The molecule has 0 amide bonds. The van der Waals surface area contributed by atoms with Crippen molar-refractivity contribution in [2.45, 2.75) is 59.7 Å². The van der Waals surface area contributed by atoms with Crippen LogP contribution in [-0.2, 0) is 9.53 Å². The quantitative estimate of drug-likeness (QED) is 0.218. The Hall–Kier alpha value is -2.44. The molecule has 1 unspecified atom stereocenters. The van der Waals surface area contributed by atoms with E-state index in [1.54, 1.807) is 31.5 Å². The van der Waals surface area contributed by atoms with E-state index < -0.39 is 0 Å². The van der Waals surface area contributed by atoms with Crippen LogP contribution in [0.2, 0.25) is 0 Å². The highest BCUT2D eigenvalue weighted by atomic mass is 32.2. The second-order valence-electron chi connectivity index (χ2n) is 8.42. The summed E-state index contributed by atoms with van der Waals surface area (Å²) < 4.78 is 6.21. The van der Waals surface area contributed by atoms with E-state index in [2.05, 4.69) is 48.8 Å². The van der Waals surface area contributed by atoms with Gasteiger partial charge in [-0.3, -0.25) is 14.8 Å². The van der Waals surface area contributed by atoms with Gasteiger partial charge in [0.05, 0.1) is 33.5 Å². The van der Waals surface area contributed by atoms with Gasteiger partial charge in [0, 0.05) is 31.1 Å². The van der Waals surface area contributed by atoms with Gasteiger partial charge in [-0.05, 0) is 57.7 Å². The van der Waals surface area contributed by atoms with E-state index in [1.165, 1.54) is 11.8 Å². The van der Waals surface area contributed by atoms with Crippen molar-refractivity contribution in [3.63, 3.8) is 0 Å². The number of pyridine rings is 1. The number of allylic oxidation sites excluding steroid dienone is 4. The summed E-state index contributed by atoms with van der Waals surface area (Å²) >= 11 is 1.39. The lowest BCUT2D eigenvalue weighted by Gasteiger charge is -2.36. The Morgan fingerprint density at radius 2 is 2.00 bits per heavy atom. The third kappa shape index (κ3) is 7.83. The fourth-order valence-corrected chi connectivity index (χ4v) is 4.50. The molecule has 0 bridgehead atoms. The molecule has 0 N–H and O–H groups in total. The number of nitrogens with zero attached hydrogens (tertiary/aromatic N) is 3. The van der Waals surface area contributed by atoms with Crippen molar-refractivity contribution < 1.29 is 9.53 Å². The van der Waals surface area contributed by atoms with Crippen LogP contribution in [-0.4, -0.2) is 47.2 Å². The molecule has 1 aromatic heterocycles. The summed E-state index contributed by atoms with van der Waals surface area (Å²) in [4.78, 5) is 24.7. The predicted molar refractivity (Wildman–Crippen MR) is 141 cm³/mol. The zero-order chi connectivity index (χ0) is 24.4. The standard InChI is InChI=1S/C27H37N3O2S/c1-8-12-24(28-9-2)26(25-13-10-11-16-29-25)27(20(5)31)33-22(7)30-17-14-23(15-18-30)32-21(6)19(3)4/h8-13,16,19,21,23H,1,7,14-15,17-18H2,2-6H3/b24-12-,27-26+,28-9-. The Bertz CT molecular complexity index is 911. The number of hydrogen-bond acceptors (Lipinski definition) is 6. The fourth-order valence-electron chi connectivity index (χ4n) is 3.50. The first-order valence-corrected chi connectivity index (χ1v) is 12.4. The molecule has 2 heterocycles. The van der Waals surface area contributed by atoms with Gasteiger partial charge in [-0.1, -0.05) is 50.9 Å². The summed E-state index contributed by atoms with van der Waals surface area (Å²) in [6.07, 6.45) is 9.32. The second kappa shape index (κ2) is 13.3. The molecule has 6 heteroatoms. The normalized spacial score (nSPS) is 17.3. The van der Waals surface area contributed by atoms with Gasteiger partial charge < -0.3 is 9.64 Å². The van der Waals surface area contributed by atoms with Crippen LogP contribution < -0.4 is 0 Å². The van der Waals surface area contributed by atoms with Crippen LogP contribution >= 0.6 is 11.8 Å². The van der Waals surface area contributed by atoms with E-state index in [0.29, 0.717) is 27.8 Å². The van der Waals surface area contributed by atoms with Crippen molar-refractivity contribution in [2.75, 3.05) is 13.1 Å². The third-order valence-electron chi connectivity index (χ3n) is 5.63. The highest BCUT2D eigenvalue weighted by Crippen LogP contribution is 2.38. The topological polar surface area (TPSA) is 54.8 Å². The Morgan fingerprint density at radius 3 is 2.52 bits per heavy atom. The molecular formula is C27H37N3O2S. The van der Waals surface area contributed by atoms with Crippen molar-refractivity contribution in [3.05, 3.63) is 71.0 Å². The molecule has 33 heavy (non-hydrogen) atoms. The summed E-state index contributed by atoms with van der Waals surface area (Å²) in [6.45, 7) is 19.8. The fraction of sp³-hybridized carbons (Fsp3) is 0.444. The lowest BCUT2D eigenvalue weighted by molar-refractivity contribution is -0.112. The molecule has 1 aromatic rings. The summed E-state index contributed by atoms with van der Waals surface area (Å²) in [6, 6.07) is 5.65. The van der Waals surface area contributed by atoms with Crippen LogP contribution in [0.15, 0.2) is 70.3 Å². The molecule has 2 rings (SSSR count). The molecule has 0 aliphatic carbocycles. The van der Waals surface area contributed by atoms with Gasteiger partial charge in [0.2, 0.25) is 0 Å². The molecule has 5 nitrogen and oxygen atoms in total. The van der Waals surface area contributed by atoms with Crippen LogP contribution in [0.25, 0.3) is 5.57 Å². The molecule has 1 fully saturated rings. The summed E-state index contributed by atoms with van der Waals surface area (Å²) in [5.74, 6) is 0.456. The number of hydrogen-bond donors (Lipinski definition) is 0. The number of likely N-dealkylation sites (tertiary alicyclic amines) is 1. The van der Waals surface area contributed by atoms with E-state index in [-0.39, 0.29) is 18.0 Å². The number of thioether (sulfide) groups is 1. The number of aromatic nitrogens is 1. The number of carbonyl (C=O) groups is 1. The van der Waals surface area contributed by atoms with Crippen LogP contribution in [0.3, 0.4) is 0 Å². The lowest BCUT2D eigenvalue weighted by Crippen LogP contribution is -2.37. The van der Waals surface area contributed by atoms with Gasteiger partial charge in [0.15, 0.2) is 5.78 Å². The lowest BCUT2D eigenvalue weighted by atomic mass is 10.1. The molecule has 0 aromatic carbocycles. The number of carbonyl (C=O) groups excluding carboxylic acids is 1. The molecule has 1 saturated heterocycles. The van der Waals surface area contributed by atoms with E-state index in [0.717, 1.165) is 31.0 Å². The van der Waals surface area contributed by atoms with E-state index in [9.17, 15) is 4.79 Å². The molecular weight excluding hydrogens is 430 g/mol. The van der Waals surface area contributed by atoms with E-state index in [1.807, 2.05) is 25.1 Å². The number of ketones is 1. The highest BCUT2D eigenvalue weighted by Gasteiger charge is 2.26. The average Bonchev–Trinajstić information content (AvgIpc) is 2.79. The first-order valence-electron chi connectivity index (χ1n) is 11.5. The molecule has 178 valence electrons. The summed E-state index contributed by atoms with van der Waals surface area (Å²) in [7, 11) is 0. The number of aliphatic imine (C=N–C) groups is 1. The maximum atomic E-state index is 12.8. The molecule has 1 atom stereocenters. The summed E-state index contributed by atoms with van der Waals surface area (Å²) in [5, 5.41) is 0.849. The minimum Gasteiger partial charge on any atom is -0.375 e. The SMILES string of the molecule is C=C/C=C(\N=C/C)C(=C(\SC(=C)N1CCC(OC(C)C(C)C)CC1)C(C)=O)/c1ccccn1. The minimum atomic E-state index is -0.0490. The van der Waals surface area contributed by atoms with Crippen molar-refractivity contribution in [3.8, 4) is 0 Å². The van der Waals surface area contributed by atoms with Crippen LogP contribution in [0, 0.1) is 5.92 Å². The largest absolute Gasteiger partial charge is 0.375 e. The predicted octanol–water partition coefficient (Wildman–Crippen LogP) is 6.27. The first-order chi connectivity index (χ1) is 15.8. The van der Waals surface area contributed by atoms with E-state index in [4.69, 9.17) is 4.74 Å². The summed E-state index contributed by atoms with van der Waals surface area (Å²) in [5.41, 5.74) is 2.03. The van der Waals surface area contributed by atoms with Gasteiger partial charge >= 0.3 is 0 Å². The van der Waals surface area contributed by atoms with Gasteiger partial charge in [-0.2, -0.15) is 0 Å². The Morgan fingerprint density at radius 1 is 1.30 bits per heavy atom. The molecule has 0 spiro atoms. The Labute approximate surface area is 203 Å². The Kier molecular flexibility index (Phi) is 10.8. The molecule has 1 aliphatic rings. The Balaban J connectivity index is 2.29. The van der Waals surface area contributed by atoms with Crippen molar-refractivity contribution in [1.82, 2.24) is 9.88 Å². The zero-order valence-electron chi connectivity index (χ0n) is 20.6. The van der Waals surface area contributed by atoms with Crippen molar-refractivity contribution in [1.29, 1.82) is 0 Å². The van der Waals surface area contributed by atoms with Crippen LogP contribution in [0.4, 0.5) is 0 Å². The highest BCUT2D eigenvalue weighted by molar-refractivity contribution is 8.07. The molecule has 1 aliphatic heterocycles. The smallest absolute Gasteiger partial charge is 0.167 e. The number of Topliss-reactive ketones (excluding diaryl/α,β-unsaturated/α-hetero) is 1. The molecule has 0 saturated carbocycles. The van der Waals surface area contributed by atoms with Gasteiger partial charge in [-0.25, -0.2) is 0 Å². The number of ether oxygens (including phenoxy) is 1. The van der Waals surface area contributed by atoms with Gasteiger partial charge in [0.25, 0.3) is 0 Å². The maximum Gasteiger partial charge on any atom is 0.167 e. The minimum absolute atomic E-state index is 0.0490. The maximum absolute atomic E-state index is 12.8. The number of rotatable bonds is 11. The second-order valence-corrected chi connectivity index (χ2v) is 9.50. The molecule has 0 radical (unpaired) electrons. The van der Waals surface area contributed by atoms with Crippen molar-refractivity contribution >= 4 is 29.3 Å².